The molecule has 0 radical (unpaired) electrons. The van der Waals surface area contributed by atoms with Gasteiger partial charge in [-0.1, -0.05) is 0 Å². The first-order valence-electron chi connectivity index (χ1n) is 11.0. The molecule has 0 saturated carbocycles. The fourth-order valence-electron chi connectivity index (χ4n) is 3.24. The number of aromatic hydroxyl groups is 1. The fraction of sp³-hybridized carbons (Fsp3) is 0.478. The van der Waals surface area contributed by atoms with Crippen molar-refractivity contribution in [2.24, 2.45) is 10.2 Å². The Morgan fingerprint density at radius 2 is 1.60 bits per heavy atom. The van der Waals surface area contributed by atoms with Crippen LogP contribution in [0, 0.1) is 18.3 Å². The highest BCUT2D eigenvalue weighted by Crippen LogP contribution is 2.27. The summed E-state index contributed by atoms with van der Waals surface area (Å²) in [7, 11) is 5.41. The molecule has 0 unspecified atom stereocenters. The molecule has 0 aliphatic rings. The SMILES string of the molecule is Cc1c(C#N)c(O)n(CCCN(C)C)c(=O)c1N=Nc1ccc(S(=O)(=O)N(C)CCN(C)C)cc1. The van der Waals surface area contributed by atoms with Crippen LogP contribution in [0.25, 0.3) is 0 Å². The van der Waals surface area contributed by atoms with Crippen LogP contribution < -0.4 is 5.56 Å². The van der Waals surface area contributed by atoms with Gasteiger partial charge in [-0.05, 0) is 72.3 Å². The zero-order valence-electron chi connectivity index (χ0n) is 21.1. The molecular weight excluding hydrogens is 470 g/mol. The van der Waals surface area contributed by atoms with Crippen molar-refractivity contribution in [2.75, 3.05) is 54.9 Å². The standard InChI is InChI=1S/C23H33N7O4S/c1-17-20(16-24)22(31)30(13-7-12-27(2)3)23(32)21(17)26-25-18-8-10-19(11-9-18)35(33,34)29(6)15-14-28(4)5/h8-11,31H,7,12-15H2,1-6H3. The molecule has 0 saturated heterocycles. The highest BCUT2D eigenvalue weighted by Gasteiger charge is 2.21. The van der Waals surface area contributed by atoms with Crippen molar-refractivity contribution < 1.29 is 13.5 Å². The lowest BCUT2D eigenvalue weighted by atomic mass is 10.1. The summed E-state index contributed by atoms with van der Waals surface area (Å²) in [6.45, 7) is 3.37. The molecule has 0 amide bonds. The first-order chi connectivity index (χ1) is 16.4. The number of azo groups is 1. The molecule has 0 bridgehead atoms. The zero-order chi connectivity index (χ0) is 26.3. The molecule has 0 fully saturated rings. The van der Waals surface area contributed by atoms with E-state index >= 15 is 0 Å². The molecule has 35 heavy (non-hydrogen) atoms. The van der Waals surface area contributed by atoms with E-state index in [1.165, 1.54) is 42.5 Å². The van der Waals surface area contributed by atoms with Crippen LogP contribution in [0.15, 0.2) is 44.2 Å². The molecule has 0 aliphatic carbocycles. The van der Waals surface area contributed by atoms with E-state index in [0.717, 1.165) is 4.57 Å². The Labute approximate surface area is 206 Å². The van der Waals surface area contributed by atoms with Crippen LogP contribution in [0.1, 0.15) is 17.5 Å². The predicted molar refractivity (Wildman–Crippen MR) is 134 cm³/mol. The number of likely N-dealkylation sites (N-methyl/N-ethyl adjacent to an activating group) is 2. The van der Waals surface area contributed by atoms with Crippen molar-refractivity contribution >= 4 is 21.4 Å². The number of nitrogens with zero attached hydrogens (tertiary/aromatic N) is 7. The summed E-state index contributed by atoms with van der Waals surface area (Å²) in [5, 5.41) is 28.1. The van der Waals surface area contributed by atoms with Crippen LogP contribution in [-0.2, 0) is 16.6 Å². The summed E-state index contributed by atoms with van der Waals surface area (Å²) in [5.74, 6) is -0.388. The summed E-state index contributed by atoms with van der Waals surface area (Å²) in [4.78, 5) is 17.0. The lowest BCUT2D eigenvalue weighted by molar-refractivity contribution is 0.358. The van der Waals surface area contributed by atoms with E-state index in [2.05, 4.69) is 10.2 Å². The van der Waals surface area contributed by atoms with Gasteiger partial charge in [-0.2, -0.15) is 14.7 Å². The van der Waals surface area contributed by atoms with Crippen LogP contribution in [0.3, 0.4) is 0 Å². The van der Waals surface area contributed by atoms with Crippen LogP contribution in [0.4, 0.5) is 11.4 Å². The normalized spacial score (nSPS) is 12.2. The van der Waals surface area contributed by atoms with E-state index in [9.17, 15) is 23.6 Å². The molecule has 1 aromatic carbocycles. The number of rotatable bonds is 11. The van der Waals surface area contributed by atoms with E-state index in [1.807, 2.05) is 44.1 Å². The van der Waals surface area contributed by atoms with Gasteiger partial charge >= 0.3 is 0 Å². The van der Waals surface area contributed by atoms with Crippen LogP contribution in [0.5, 0.6) is 5.88 Å². The Hall–Kier alpha value is -3.11. The van der Waals surface area contributed by atoms with Gasteiger partial charge in [0.15, 0.2) is 5.69 Å². The predicted octanol–water partition coefficient (Wildman–Crippen LogP) is 2.28. The number of benzene rings is 1. The second kappa shape index (κ2) is 12.0. The number of nitriles is 1. The maximum Gasteiger partial charge on any atom is 0.281 e. The molecule has 2 aromatic rings. The van der Waals surface area contributed by atoms with Gasteiger partial charge in [0.1, 0.15) is 11.6 Å². The molecule has 1 aromatic heterocycles. The average Bonchev–Trinajstić information content (AvgIpc) is 2.79. The highest BCUT2D eigenvalue weighted by molar-refractivity contribution is 7.89. The summed E-state index contributed by atoms with van der Waals surface area (Å²) < 4.78 is 27.9. The minimum Gasteiger partial charge on any atom is -0.493 e. The zero-order valence-corrected chi connectivity index (χ0v) is 21.9. The van der Waals surface area contributed by atoms with E-state index in [1.54, 1.807) is 0 Å². The van der Waals surface area contributed by atoms with E-state index in [-0.39, 0.29) is 34.1 Å². The molecule has 0 atom stereocenters. The molecular formula is C23H33N7O4S. The Morgan fingerprint density at radius 1 is 1.00 bits per heavy atom. The largest absolute Gasteiger partial charge is 0.493 e. The first kappa shape index (κ1) is 28.1. The smallest absolute Gasteiger partial charge is 0.281 e. The van der Waals surface area contributed by atoms with Gasteiger partial charge in [-0.3, -0.25) is 9.36 Å². The summed E-state index contributed by atoms with van der Waals surface area (Å²) in [6.07, 6.45) is 0.587. The average molecular weight is 504 g/mol. The molecule has 0 spiro atoms. The Morgan fingerprint density at radius 3 is 2.14 bits per heavy atom. The fourth-order valence-corrected chi connectivity index (χ4v) is 4.40. The minimum absolute atomic E-state index is 0.0365. The lowest BCUT2D eigenvalue weighted by Crippen LogP contribution is -2.33. The second-order valence-electron chi connectivity index (χ2n) is 8.72. The number of pyridine rings is 1. The Kier molecular flexibility index (Phi) is 9.67. The van der Waals surface area contributed by atoms with Gasteiger partial charge in [0.2, 0.25) is 15.9 Å². The number of aromatic nitrogens is 1. The van der Waals surface area contributed by atoms with Crippen LogP contribution in [0.2, 0.25) is 0 Å². The summed E-state index contributed by atoms with van der Waals surface area (Å²) in [6, 6.07) is 7.77. The molecule has 2 rings (SSSR count). The molecule has 11 nitrogen and oxygen atoms in total. The van der Waals surface area contributed by atoms with Crippen molar-refractivity contribution in [1.29, 1.82) is 5.26 Å². The number of hydrogen-bond donors (Lipinski definition) is 1. The third-order valence-electron chi connectivity index (χ3n) is 5.43. The van der Waals surface area contributed by atoms with Gasteiger partial charge in [-0.15, -0.1) is 5.11 Å². The maximum absolute atomic E-state index is 13.0. The van der Waals surface area contributed by atoms with Crippen molar-refractivity contribution in [1.82, 2.24) is 18.7 Å². The Balaban J connectivity index is 2.34. The summed E-state index contributed by atoms with van der Waals surface area (Å²) >= 11 is 0. The van der Waals surface area contributed by atoms with Crippen molar-refractivity contribution in [3.63, 3.8) is 0 Å². The van der Waals surface area contributed by atoms with Gasteiger partial charge in [0.25, 0.3) is 5.56 Å². The highest BCUT2D eigenvalue weighted by atomic mass is 32.2. The number of sulfonamides is 1. The van der Waals surface area contributed by atoms with E-state index in [4.69, 9.17) is 0 Å². The van der Waals surface area contributed by atoms with Crippen molar-refractivity contribution in [2.45, 2.75) is 24.8 Å². The molecule has 1 heterocycles. The first-order valence-corrected chi connectivity index (χ1v) is 12.5. The third-order valence-corrected chi connectivity index (χ3v) is 7.30. The third kappa shape index (κ3) is 6.95. The van der Waals surface area contributed by atoms with Gasteiger partial charge in [0, 0.05) is 32.2 Å². The van der Waals surface area contributed by atoms with Crippen LogP contribution >= 0.6 is 0 Å². The topological polar surface area (TPSA) is 135 Å². The van der Waals surface area contributed by atoms with Gasteiger partial charge < -0.3 is 14.9 Å². The summed E-state index contributed by atoms with van der Waals surface area (Å²) in [5.41, 5.74) is -0.0769. The van der Waals surface area contributed by atoms with E-state index in [0.29, 0.717) is 31.7 Å². The Bertz CT molecular complexity index is 1260. The van der Waals surface area contributed by atoms with Crippen LogP contribution in [-0.4, -0.2) is 87.1 Å². The van der Waals surface area contributed by atoms with Gasteiger partial charge in [-0.25, -0.2) is 8.42 Å². The molecule has 0 aliphatic heterocycles. The minimum atomic E-state index is -3.65. The molecule has 190 valence electrons. The van der Waals surface area contributed by atoms with Crippen molar-refractivity contribution in [3.8, 4) is 11.9 Å². The second-order valence-corrected chi connectivity index (χ2v) is 10.8. The monoisotopic (exact) mass is 503 g/mol. The van der Waals surface area contributed by atoms with Gasteiger partial charge in [0.05, 0.1) is 10.6 Å². The van der Waals surface area contributed by atoms with Crippen molar-refractivity contribution in [3.05, 3.63) is 45.7 Å². The lowest BCUT2D eigenvalue weighted by Gasteiger charge is -2.19. The quantitative estimate of drug-likeness (QED) is 0.465. The van der Waals surface area contributed by atoms with E-state index < -0.39 is 15.6 Å². The number of hydrogen-bond acceptors (Lipinski definition) is 9. The molecule has 12 heteroatoms. The molecule has 1 N–H and O–H groups in total. The maximum atomic E-state index is 13.0.